The third-order valence-corrected chi connectivity index (χ3v) is 4.76. The molecule has 24 heavy (non-hydrogen) atoms. The molecule has 1 N–H and O–H groups in total. The van der Waals surface area contributed by atoms with Gasteiger partial charge in [-0.2, -0.15) is 0 Å². The molecular weight excluding hydrogens is 320 g/mol. The number of hydrogen-bond donors (Lipinski definition) is 1. The lowest BCUT2D eigenvalue weighted by molar-refractivity contribution is -0.121. The highest BCUT2D eigenvalue weighted by atomic mass is 35.5. The molecule has 0 saturated carbocycles. The molecule has 1 aliphatic rings. The van der Waals surface area contributed by atoms with Crippen molar-refractivity contribution < 1.29 is 4.79 Å². The first-order chi connectivity index (χ1) is 11.6. The molecule has 0 aliphatic carbocycles. The average Bonchev–Trinajstić information content (AvgIpc) is 2.98. The molecule has 2 aromatic carbocycles. The number of carbonyl (C=O) groups excluding carboxylic acids is 1. The summed E-state index contributed by atoms with van der Waals surface area (Å²) in [6, 6.07) is 20.9. The van der Waals surface area contributed by atoms with Crippen LogP contribution in [0.4, 0.5) is 0 Å². The number of alkyl halides is 1. The monoisotopic (exact) mass is 342 g/mol. The standard InChI is InChI=1S/C20H23ClN2O/c1-15(21)20(24)22-19-14-23(12-16-8-4-2-5-9-16)13-18(19)17-10-6-3-7-11-17/h2-11,15,18-19H,12-14H2,1H3,(H,22,24)/t15?,18-,19+/m0/s1. The number of benzene rings is 2. The fraction of sp³-hybridized carbons (Fsp3) is 0.350. The molecule has 1 amide bonds. The van der Waals surface area contributed by atoms with Crippen molar-refractivity contribution >= 4 is 17.5 Å². The van der Waals surface area contributed by atoms with E-state index < -0.39 is 5.38 Å². The van der Waals surface area contributed by atoms with E-state index in [1.165, 1.54) is 11.1 Å². The predicted octanol–water partition coefficient (Wildman–Crippen LogP) is 3.40. The Morgan fingerprint density at radius 2 is 1.75 bits per heavy atom. The van der Waals surface area contributed by atoms with Crippen molar-refractivity contribution in [2.75, 3.05) is 13.1 Å². The van der Waals surface area contributed by atoms with E-state index in [4.69, 9.17) is 11.6 Å². The Bertz CT molecular complexity index is 660. The second-order valence-corrected chi connectivity index (χ2v) is 7.08. The zero-order chi connectivity index (χ0) is 16.9. The second kappa shape index (κ2) is 7.82. The first kappa shape index (κ1) is 17.0. The van der Waals surface area contributed by atoms with Gasteiger partial charge < -0.3 is 5.32 Å². The van der Waals surface area contributed by atoms with Crippen LogP contribution in [0.1, 0.15) is 24.0 Å². The average molecular weight is 343 g/mol. The molecule has 0 radical (unpaired) electrons. The third-order valence-electron chi connectivity index (χ3n) is 4.56. The highest BCUT2D eigenvalue weighted by Crippen LogP contribution is 2.29. The minimum absolute atomic E-state index is 0.0878. The fourth-order valence-electron chi connectivity index (χ4n) is 3.34. The summed E-state index contributed by atoms with van der Waals surface area (Å²) in [6.07, 6.45) is 0. The fourth-order valence-corrected chi connectivity index (χ4v) is 3.40. The summed E-state index contributed by atoms with van der Waals surface area (Å²) in [4.78, 5) is 14.5. The van der Waals surface area contributed by atoms with Crippen LogP contribution in [0.5, 0.6) is 0 Å². The third kappa shape index (κ3) is 4.16. The minimum Gasteiger partial charge on any atom is -0.350 e. The Hall–Kier alpha value is -1.84. The zero-order valence-corrected chi connectivity index (χ0v) is 14.6. The van der Waals surface area contributed by atoms with Gasteiger partial charge in [0.15, 0.2) is 0 Å². The summed E-state index contributed by atoms with van der Waals surface area (Å²) in [5, 5.41) is 2.62. The molecule has 1 unspecified atom stereocenters. The maximum atomic E-state index is 12.1. The second-order valence-electron chi connectivity index (χ2n) is 6.43. The zero-order valence-electron chi connectivity index (χ0n) is 13.9. The van der Waals surface area contributed by atoms with Crippen LogP contribution in [0.25, 0.3) is 0 Å². The predicted molar refractivity (Wildman–Crippen MR) is 98.1 cm³/mol. The molecule has 0 spiro atoms. The van der Waals surface area contributed by atoms with Crippen molar-refractivity contribution in [3.63, 3.8) is 0 Å². The van der Waals surface area contributed by atoms with Gasteiger partial charge in [0.2, 0.25) is 5.91 Å². The Balaban J connectivity index is 1.75. The van der Waals surface area contributed by atoms with E-state index in [0.29, 0.717) is 0 Å². The van der Waals surface area contributed by atoms with Gasteiger partial charge in [0.05, 0.1) is 0 Å². The van der Waals surface area contributed by atoms with Gasteiger partial charge in [-0.15, -0.1) is 11.6 Å². The molecule has 1 fully saturated rings. The van der Waals surface area contributed by atoms with Crippen LogP contribution < -0.4 is 5.32 Å². The van der Waals surface area contributed by atoms with E-state index in [1.54, 1.807) is 6.92 Å². The summed E-state index contributed by atoms with van der Waals surface area (Å²) >= 11 is 5.94. The smallest absolute Gasteiger partial charge is 0.238 e. The number of amides is 1. The molecular formula is C20H23ClN2O. The van der Waals surface area contributed by atoms with Crippen molar-refractivity contribution in [2.45, 2.75) is 30.8 Å². The van der Waals surface area contributed by atoms with Crippen LogP contribution >= 0.6 is 11.6 Å². The minimum atomic E-state index is -0.510. The molecule has 1 aliphatic heterocycles. The summed E-state index contributed by atoms with van der Waals surface area (Å²) in [6.45, 7) is 4.38. The van der Waals surface area contributed by atoms with Gasteiger partial charge in [0, 0.05) is 31.6 Å². The van der Waals surface area contributed by atoms with Gasteiger partial charge in [-0.05, 0) is 18.1 Å². The maximum absolute atomic E-state index is 12.1. The molecule has 3 rings (SSSR count). The van der Waals surface area contributed by atoms with Crippen LogP contribution in [-0.4, -0.2) is 35.3 Å². The van der Waals surface area contributed by atoms with Crippen molar-refractivity contribution in [2.24, 2.45) is 0 Å². The van der Waals surface area contributed by atoms with Crippen LogP contribution in [0.2, 0.25) is 0 Å². The van der Waals surface area contributed by atoms with E-state index in [0.717, 1.165) is 19.6 Å². The lowest BCUT2D eigenvalue weighted by atomic mass is 9.94. The van der Waals surface area contributed by atoms with Crippen LogP contribution in [0.3, 0.4) is 0 Å². The van der Waals surface area contributed by atoms with E-state index in [1.807, 2.05) is 12.1 Å². The van der Waals surface area contributed by atoms with E-state index in [9.17, 15) is 4.79 Å². The van der Waals surface area contributed by atoms with Gasteiger partial charge in [0.25, 0.3) is 0 Å². The first-order valence-corrected chi connectivity index (χ1v) is 8.83. The Labute approximate surface area is 148 Å². The molecule has 2 aromatic rings. The quantitative estimate of drug-likeness (QED) is 0.845. The number of nitrogens with one attached hydrogen (secondary N) is 1. The molecule has 126 valence electrons. The Morgan fingerprint density at radius 3 is 2.38 bits per heavy atom. The largest absolute Gasteiger partial charge is 0.350 e. The van der Waals surface area contributed by atoms with Crippen LogP contribution in [0, 0.1) is 0 Å². The first-order valence-electron chi connectivity index (χ1n) is 8.39. The molecule has 0 aromatic heterocycles. The molecule has 4 heteroatoms. The number of carbonyl (C=O) groups is 1. The summed E-state index contributed by atoms with van der Waals surface area (Å²) in [5.74, 6) is 0.193. The summed E-state index contributed by atoms with van der Waals surface area (Å²) in [7, 11) is 0. The number of likely N-dealkylation sites (tertiary alicyclic amines) is 1. The molecule has 1 heterocycles. The number of hydrogen-bond acceptors (Lipinski definition) is 2. The highest BCUT2D eigenvalue weighted by Gasteiger charge is 2.35. The van der Waals surface area contributed by atoms with Crippen molar-refractivity contribution in [3.8, 4) is 0 Å². The van der Waals surface area contributed by atoms with Gasteiger partial charge in [0.1, 0.15) is 5.38 Å². The molecule has 3 nitrogen and oxygen atoms in total. The molecule has 0 bridgehead atoms. The normalized spacial score (nSPS) is 22.2. The van der Waals surface area contributed by atoms with Crippen molar-refractivity contribution in [1.82, 2.24) is 10.2 Å². The topological polar surface area (TPSA) is 32.3 Å². The van der Waals surface area contributed by atoms with Gasteiger partial charge in [-0.3, -0.25) is 9.69 Å². The highest BCUT2D eigenvalue weighted by molar-refractivity contribution is 6.30. The van der Waals surface area contributed by atoms with Crippen LogP contribution in [-0.2, 0) is 11.3 Å². The van der Waals surface area contributed by atoms with E-state index in [-0.39, 0.29) is 17.9 Å². The maximum Gasteiger partial charge on any atom is 0.238 e. The van der Waals surface area contributed by atoms with E-state index in [2.05, 4.69) is 58.7 Å². The Morgan fingerprint density at radius 1 is 1.12 bits per heavy atom. The lowest BCUT2D eigenvalue weighted by Crippen LogP contribution is -2.42. The van der Waals surface area contributed by atoms with Gasteiger partial charge in [-0.1, -0.05) is 60.7 Å². The number of nitrogens with zero attached hydrogens (tertiary/aromatic N) is 1. The van der Waals surface area contributed by atoms with Crippen LogP contribution in [0.15, 0.2) is 60.7 Å². The Kier molecular flexibility index (Phi) is 5.54. The number of rotatable bonds is 5. The van der Waals surface area contributed by atoms with E-state index >= 15 is 0 Å². The van der Waals surface area contributed by atoms with Gasteiger partial charge >= 0.3 is 0 Å². The summed E-state index contributed by atoms with van der Waals surface area (Å²) in [5.41, 5.74) is 2.56. The lowest BCUT2D eigenvalue weighted by Gasteiger charge is -2.21. The SMILES string of the molecule is CC(Cl)C(=O)N[C@@H]1CN(Cc2ccccc2)C[C@H]1c1ccccc1. The number of halogens is 1. The molecule has 1 saturated heterocycles. The van der Waals surface area contributed by atoms with Crippen molar-refractivity contribution in [3.05, 3.63) is 71.8 Å². The summed E-state index contributed by atoms with van der Waals surface area (Å²) < 4.78 is 0. The van der Waals surface area contributed by atoms with Gasteiger partial charge in [-0.25, -0.2) is 0 Å². The molecule has 3 atom stereocenters. The van der Waals surface area contributed by atoms with Crippen molar-refractivity contribution in [1.29, 1.82) is 0 Å².